The summed E-state index contributed by atoms with van der Waals surface area (Å²) in [6, 6.07) is 0. The first-order valence-corrected chi connectivity index (χ1v) is 5.21. The van der Waals surface area contributed by atoms with Crippen molar-refractivity contribution in [1.29, 1.82) is 0 Å². The Morgan fingerprint density at radius 1 is 1.53 bits per heavy atom. The summed E-state index contributed by atoms with van der Waals surface area (Å²) in [5.41, 5.74) is 0.338. The molecule has 1 unspecified atom stereocenters. The highest BCUT2D eigenvalue weighted by atomic mass is 19.3. The van der Waals surface area contributed by atoms with Crippen LogP contribution in [0, 0.1) is 5.41 Å². The summed E-state index contributed by atoms with van der Waals surface area (Å²) in [6.45, 7) is 3.29. The molecule has 0 bridgehead atoms. The van der Waals surface area contributed by atoms with Crippen LogP contribution in [0.1, 0.15) is 26.2 Å². The summed E-state index contributed by atoms with van der Waals surface area (Å²) in [5, 5.41) is 3.08. The molecular formula is C10H15F2NO2. The summed E-state index contributed by atoms with van der Waals surface area (Å²) in [7, 11) is 0. The van der Waals surface area contributed by atoms with E-state index >= 15 is 0 Å². The number of halogens is 2. The number of cyclic esters (lactones) is 1. The molecule has 0 aromatic rings. The van der Waals surface area contributed by atoms with Crippen molar-refractivity contribution in [3.63, 3.8) is 0 Å². The third kappa shape index (κ3) is 2.45. The third-order valence-corrected chi connectivity index (χ3v) is 3.08. The van der Waals surface area contributed by atoms with Crippen molar-refractivity contribution in [2.75, 3.05) is 13.1 Å². The van der Waals surface area contributed by atoms with Crippen LogP contribution in [0.4, 0.5) is 8.78 Å². The van der Waals surface area contributed by atoms with Gasteiger partial charge in [0.1, 0.15) is 6.10 Å². The van der Waals surface area contributed by atoms with Crippen molar-refractivity contribution in [3.05, 3.63) is 0 Å². The lowest BCUT2D eigenvalue weighted by molar-refractivity contribution is -0.159. The van der Waals surface area contributed by atoms with E-state index in [0.29, 0.717) is 12.0 Å². The second kappa shape index (κ2) is 3.40. The van der Waals surface area contributed by atoms with Gasteiger partial charge in [-0.1, -0.05) is 6.92 Å². The van der Waals surface area contributed by atoms with Gasteiger partial charge in [-0.3, -0.25) is 0 Å². The highest BCUT2D eigenvalue weighted by molar-refractivity contribution is 5.79. The number of nitrogens with one attached hydrogen (secondary N) is 1. The number of carbonyl (C=O) groups excluding carboxylic acids is 1. The highest BCUT2D eigenvalue weighted by Gasteiger charge is 2.50. The van der Waals surface area contributed by atoms with Gasteiger partial charge in [0.15, 0.2) is 0 Å². The molecule has 0 aromatic heterocycles. The number of rotatable bonds is 4. The minimum absolute atomic E-state index is 0.330. The SMILES string of the molecule is CC1(CNCC2CC(F)(F)C(=O)O2)CC1. The molecule has 1 saturated carbocycles. The molecule has 1 aliphatic heterocycles. The van der Waals surface area contributed by atoms with Crippen molar-refractivity contribution in [1.82, 2.24) is 5.32 Å². The van der Waals surface area contributed by atoms with E-state index in [1.54, 1.807) is 0 Å². The van der Waals surface area contributed by atoms with E-state index in [-0.39, 0.29) is 0 Å². The molecule has 0 radical (unpaired) electrons. The molecule has 3 nitrogen and oxygen atoms in total. The minimum atomic E-state index is -3.28. The Labute approximate surface area is 87.2 Å². The maximum atomic E-state index is 12.8. The summed E-state index contributed by atoms with van der Waals surface area (Å²) >= 11 is 0. The Hall–Kier alpha value is -0.710. The van der Waals surface area contributed by atoms with Crippen LogP contribution in [0.5, 0.6) is 0 Å². The van der Waals surface area contributed by atoms with Crippen LogP contribution >= 0.6 is 0 Å². The van der Waals surface area contributed by atoms with Crippen LogP contribution in [-0.2, 0) is 9.53 Å². The molecule has 5 heteroatoms. The molecular weight excluding hydrogens is 204 g/mol. The number of ether oxygens (including phenoxy) is 1. The zero-order valence-electron chi connectivity index (χ0n) is 8.69. The van der Waals surface area contributed by atoms with Crippen molar-refractivity contribution >= 4 is 5.97 Å². The normalized spacial score (nSPS) is 31.4. The van der Waals surface area contributed by atoms with Gasteiger partial charge < -0.3 is 10.1 Å². The fourth-order valence-corrected chi connectivity index (χ4v) is 1.69. The number of hydrogen-bond donors (Lipinski definition) is 1. The lowest BCUT2D eigenvalue weighted by Gasteiger charge is -2.13. The summed E-state index contributed by atoms with van der Waals surface area (Å²) in [6.07, 6.45) is 1.20. The molecule has 1 heterocycles. The molecule has 1 aliphatic carbocycles. The molecule has 2 aliphatic rings. The maximum Gasteiger partial charge on any atom is 0.377 e. The number of carbonyl (C=O) groups is 1. The van der Waals surface area contributed by atoms with Gasteiger partial charge in [-0.15, -0.1) is 0 Å². The van der Waals surface area contributed by atoms with Gasteiger partial charge in [0.05, 0.1) is 6.42 Å². The molecule has 86 valence electrons. The first-order valence-electron chi connectivity index (χ1n) is 5.21. The maximum absolute atomic E-state index is 12.8. The van der Waals surface area contributed by atoms with Crippen LogP contribution in [0.15, 0.2) is 0 Å². The van der Waals surface area contributed by atoms with Crippen LogP contribution in [0.25, 0.3) is 0 Å². The molecule has 15 heavy (non-hydrogen) atoms. The van der Waals surface area contributed by atoms with E-state index in [1.807, 2.05) is 0 Å². The largest absolute Gasteiger partial charge is 0.456 e. The topological polar surface area (TPSA) is 38.3 Å². The van der Waals surface area contributed by atoms with Crippen LogP contribution in [0.2, 0.25) is 0 Å². The van der Waals surface area contributed by atoms with Gasteiger partial charge in [-0.25, -0.2) is 4.79 Å². The Morgan fingerprint density at radius 3 is 2.67 bits per heavy atom. The average molecular weight is 219 g/mol. The van der Waals surface area contributed by atoms with Crippen molar-refractivity contribution in [2.45, 2.75) is 38.2 Å². The van der Waals surface area contributed by atoms with E-state index in [1.165, 1.54) is 12.8 Å². The lowest BCUT2D eigenvalue weighted by atomic mass is 10.1. The zero-order chi connectivity index (χ0) is 11.1. The Bertz CT molecular complexity index is 277. The third-order valence-electron chi connectivity index (χ3n) is 3.08. The average Bonchev–Trinajstić information content (AvgIpc) is 2.76. The van der Waals surface area contributed by atoms with Crippen LogP contribution < -0.4 is 5.32 Å². The van der Waals surface area contributed by atoms with E-state index in [0.717, 1.165) is 6.54 Å². The standard InChI is InChI=1S/C10H15F2NO2/c1-9(2-3-9)6-13-5-7-4-10(11,12)8(14)15-7/h7,13H,2-6H2,1H3. The molecule has 1 atom stereocenters. The van der Waals surface area contributed by atoms with Gasteiger partial charge in [0.25, 0.3) is 0 Å². The fraction of sp³-hybridized carbons (Fsp3) is 0.900. The van der Waals surface area contributed by atoms with Gasteiger partial charge in [0.2, 0.25) is 0 Å². The summed E-state index contributed by atoms with van der Waals surface area (Å²) < 4.78 is 30.1. The predicted octanol–water partition coefficient (Wildman–Crippen LogP) is 1.33. The van der Waals surface area contributed by atoms with Gasteiger partial charge in [-0.2, -0.15) is 8.78 Å². The van der Waals surface area contributed by atoms with Gasteiger partial charge >= 0.3 is 11.9 Å². The van der Waals surface area contributed by atoms with Crippen molar-refractivity contribution in [2.24, 2.45) is 5.41 Å². The van der Waals surface area contributed by atoms with Crippen LogP contribution in [0.3, 0.4) is 0 Å². The summed E-state index contributed by atoms with van der Waals surface area (Å²) in [5.74, 6) is -4.66. The van der Waals surface area contributed by atoms with Crippen molar-refractivity contribution in [3.8, 4) is 0 Å². The number of alkyl halides is 2. The minimum Gasteiger partial charge on any atom is -0.456 e. The van der Waals surface area contributed by atoms with Gasteiger partial charge in [-0.05, 0) is 18.3 Å². The molecule has 2 rings (SSSR count). The highest BCUT2D eigenvalue weighted by Crippen LogP contribution is 2.44. The molecule has 1 N–H and O–H groups in total. The molecule has 0 amide bonds. The van der Waals surface area contributed by atoms with Gasteiger partial charge in [0, 0.05) is 13.1 Å². The predicted molar refractivity (Wildman–Crippen MR) is 49.7 cm³/mol. The molecule has 2 fully saturated rings. The zero-order valence-corrected chi connectivity index (χ0v) is 8.69. The Balaban J connectivity index is 1.70. The number of hydrogen-bond acceptors (Lipinski definition) is 3. The first-order chi connectivity index (χ1) is 6.91. The quantitative estimate of drug-likeness (QED) is 0.725. The molecule has 0 aromatic carbocycles. The summed E-state index contributed by atoms with van der Waals surface area (Å²) in [4.78, 5) is 10.7. The van der Waals surface area contributed by atoms with E-state index in [9.17, 15) is 13.6 Å². The van der Waals surface area contributed by atoms with E-state index < -0.39 is 24.4 Å². The Morgan fingerprint density at radius 2 is 2.20 bits per heavy atom. The van der Waals surface area contributed by atoms with Crippen molar-refractivity contribution < 1.29 is 18.3 Å². The Kier molecular flexibility index (Phi) is 2.45. The van der Waals surface area contributed by atoms with Crippen LogP contribution in [-0.4, -0.2) is 31.1 Å². The van der Waals surface area contributed by atoms with E-state index in [4.69, 9.17) is 0 Å². The number of esters is 1. The van der Waals surface area contributed by atoms with E-state index in [2.05, 4.69) is 17.0 Å². The first kappa shape index (κ1) is 10.8. The fourth-order valence-electron chi connectivity index (χ4n) is 1.69. The molecule has 1 saturated heterocycles. The second-order valence-electron chi connectivity index (χ2n) is 4.88. The molecule has 0 spiro atoms. The smallest absolute Gasteiger partial charge is 0.377 e. The monoisotopic (exact) mass is 219 g/mol. The lowest BCUT2D eigenvalue weighted by Crippen LogP contribution is -2.31. The second-order valence-corrected chi connectivity index (χ2v) is 4.88.